The number of anilines is 1. The summed E-state index contributed by atoms with van der Waals surface area (Å²) in [5, 5.41) is 10.8. The van der Waals surface area contributed by atoms with E-state index < -0.39 is 0 Å². The first-order valence-electron chi connectivity index (χ1n) is 5.72. The molecule has 0 aliphatic rings. The Morgan fingerprint density at radius 3 is 2.79 bits per heavy atom. The van der Waals surface area contributed by atoms with Crippen molar-refractivity contribution in [1.29, 1.82) is 0 Å². The van der Waals surface area contributed by atoms with Gasteiger partial charge in [-0.2, -0.15) is 0 Å². The zero-order chi connectivity index (χ0) is 13.7. The van der Waals surface area contributed by atoms with Gasteiger partial charge in [-0.15, -0.1) is 10.2 Å². The number of hydrogen-bond donors (Lipinski definition) is 1. The van der Waals surface area contributed by atoms with Crippen LogP contribution in [0.3, 0.4) is 0 Å². The maximum atomic E-state index is 11.9. The Morgan fingerprint density at radius 1 is 1.32 bits per heavy atom. The lowest BCUT2D eigenvalue weighted by Crippen LogP contribution is -2.14. The predicted molar refractivity (Wildman–Crippen MR) is 72.6 cm³/mol. The molecule has 0 unspecified atom stereocenters. The molecular weight excluding hydrogens is 266 g/mol. The van der Waals surface area contributed by atoms with E-state index in [1.807, 2.05) is 6.92 Å². The zero-order valence-electron chi connectivity index (χ0n) is 10.3. The van der Waals surface area contributed by atoms with E-state index in [0.29, 0.717) is 23.2 Å². The molecule has 0 atom stereocenters. The van der Waals surface area contributed by atoms with Crippen molar-refractivity contribution in [3.63, 3.8) is 0 Å². The topological polar surface area (TPSA) is 64.1 Å². The number of rotatable bonds is 4. The molecule has 1 aromatic carbocycles. The van der Waals surface area contributed by atoms with Crippen LogP contribution in [0.5, 0.6) is 5.88 Å². The van der Waals surface area contributed by atoms with Crippen LogP contribution in [-0.2, 0) is 0 Å². The summed E-state index contributed by atoms with van der Waals surface area (Å²) in [6, 6.07) is 10.0. The predicted octanol–water partition coefficient (Wildman–Crippen LogP) is 2.78. The highest BCUT2D eigenvalue weighted by Gasteiger charge is 2.09. The second-order valence-corrected chi connectivity index (χ2v) is 4.09. The van der Waals surface area contributed by atoms with Gasteiger partial charge in [0.1, 0.15) is 0 Å². The number of ether oxygens (including phenoxy) is 1. The van der Waals surface area contributed by atoms with Crippen LogP contribution < -0.4 is 10.1 Å². The van der Waals surface area contributed by atoms with Crippen LogP contribution in [0, 0.1) is 0 Å². The standard InChI is InChI=1S/C13H12ClN3O2/c1-2-19-12-7-6-11(16-17-12)13(18)15-10-5-3-4-9(14)8-10/h3-8H,2H2,1H3,(H,15,18). The van der Waals surface area contributed by atoms with Crippen molar-refractivity contribution >= 4 is 23.2 Å². The van der Waals surface area contributed by atoms with E-state index in [2.05, 4.69) is 15.5 Å². The molecule has 0 aliphatic carbocycles. The van der Waals surface area contributed by atoms with E-state index in [0.717, 1.165) is 0 Å². The molecule has 0 bridgehead atoms. The van der Waals surface area contributed by atoms with E-state index in [9.17, 15) is 4.79 Å². The van der Waals surface area contributed by atoms with Crippen molar-refractivity contribution in [2.24, 2.45) is 0 Å². The summed E-state index contributed by atoms with van der Waals surface area (Å²) >= 11 is 5.83. The molecule has 2 rings (SSSR count). The van der Waals surface area contributed by atoms with Gasteiger partial charge in [-0.05, 0) is 31.2 Å². The fourth-order valence-electron chi connectivity index (χ4n) is 1.43. The molecule has 0 saturated heterocycles. The Hall–Kier alpha value is -2.14. The molecule has 6 heteroatoms. The van der Waals surface area contributed by atoms with Crippen LogP contribution in [0.4, 0.5) is 5.69 Å². The Labute approximate surface area is 115 Å². The fourth-order valence-corrected chi connectivity index (χ4v) is 1.62. The summed E-state index contributed by atoms with van der Waals surface area (Å²) in [4.78, 5) is 11.9. The summed E-state index contributed by atoms with van der Waals surface area (Å²) in [6.45, 7) is 2.35. The minimum absolute atomic E-state index is 0.212. The van der Waals surface area contributed by atoms with Crippen molar-refractivity contribution in [3.8, 4) is 5.88 Å². The summed E-state index contributed by atoms with van der Waals surface area (Å²) in [7, 11) is 0. The maximum absolute atomic E-state index is 11.9. The lowest BCUT2D eigenvalue weighted by Gasteiger charge is -2.05. The average Bonchev–Trinajstić information content (AvgIpc) is 2.40. The van der Waals surface area contributed by atoms with Crippen molar-refractivity contribution in [3.05, 3.63) is 47.1 Å². The van der Waals surface area contributed by atoms with Gasteiger partial charge in [0, 0.05) is 16.8 Å². The number of carbonyl (C=O) groups is 1. The van der Waals surface area contributed by atoms with E-state index in [1.165, 1.54) is 0 Å². The highest BCUT2D eigenvalue weighted by Crippen LogP contribution is 2.15. The van der Waals surface area contributed by atoms with Crippen LogP contribution >= 0.6 is 11.6 Å². The van der Waals surface area contributed by atoms with Gasteiger partial charge in [-0.1, -0.05) is 17.7 Å². The quantitative estimate of drug-likeness (QED) is 0.933. The van der Waals surface area contributed by atoms with Crippen molar-refractivity contribution in [1.82, 2.24) is 10.2 Å². The Balaban J connectivity index is 2.07. The van der Waals surface area contributed by atoms with Crippen LogP contribution in [-0.4, -0.2) is 22.7 Å². The normalized spacial score (nSPS) is 10.0. The van der Waals surface area contributed by atoms with Crippen molar-refractivity contribution < 1.29 is 9.53 Å². The molecule has 0 radical (unpaired) electrons. The summed E-state index contributed by atoms with van der Waals surface area (Å²) < 4.78 is 5.15. The van der Waals surface area contributed by atoms with Crippen LogP contribution in [0.1, 0.15) is 17.4 Å². The molecule has 1 amide bonds. The van der Waals surface area contributed by atoms with Gasteiger partial charge in [0.2, 0.25) is 5.88 Å². The Bertz CT molecular complexity index is 572. The van der Waals surface area contributed by atoms with Gasteiger partial charge >= 0.3 is 0 Å². The molecule has 1 N–H and O–H groups in total. The van der Waals surface area contributed by atoms with Crippen LogP contribution in [0.25, 0.3) is 0 Å². The van der Waals surface area contributed by atoms with Crippen molar-refractivity contribution in [2.45, 2.75) is 6.92 Å². The molecule has 98 valence electrons. The van der Waals surface area contributed by atoms with E-state index >= 15 is 0 Å². The largest absolute Gasteiger partial charge is 0.477 e. The first-order chi connectivity index (χ1) is 9.19. The highest BCUT2D eigenvalue weighted by molar-refractivity contribution is 6.30. The number of aromatic nitrogens is 2. The Morgan fingerprint density at radius 2 is 2.16 bits per heavy atom. The first-order valence-corrected chi connectivity index (χ1v) is 6.10. The summed E-state index contributed by atoms with van der Waals surface area (Å²) in [5.41, 5.74) is 0.816. The van der Waals surface area contributed by atoms with E-state index in [4.69, 9.17) is 16.3 Å². The third kappa shape index (κ3) is 3.66. The van der Waals surface area contributed by atoms with Crippen molar-refractivity contribution in [2.75, 3.05) is 11.9 Å². The van der Waals surface area contributed by atoms with Gasteiger partial charge in [-0.25, -0.2) is 0 Å². The summed E-state index contributed by atoms with van der Waals surface area (Å²) in [6.07, 6.45) is 0. The molecule has 1 aromatic heterocycles. The second kappa shape index (κ2) is 6.15. The first kappa shape index (κ1) is 13.3. The van der Waals surface area contributed by atoms with Crippen LogP contribution in [0.2, 0.25) is 5.02 Å². The smallest absolute Gasteiger partial charge is 0.276 e. The van der Waals surface area contributed by atoms with Gasteiger partial charge in [0.15, 0.2) is 5.69 Å². The Kier molecular flexibility index (Phi) is 4.30. The molecular formula is C13H12ClN3O2. The molecule has 0 spiro atoms. The third-order valence-corrected chi connectivity index (χ3v) is 2.48. The third-order valence-electron chi connectivity index (χ3n) is 2.25. The molecule has 2 aromatic rings. The van der Waals surface area contributed by atoms with E-state index in [1.54, 1.807) is 36.4 Å². The number of benzene rings is 1. The summed E-state index contributed by atoms with van der Waals surface area (Å²) in [5.74, 6) is 0.0413. The lowest BCUT2D eigenvalue weighted by molar-refractivity contribution is 0.102. The number of nitrogens with one attached hydrogen (secondary N) is 1. The molecule has 1 heterocycles. The number of halogens is 1. The minimum atomic E-state index is -0.349. The fraction of sp³-hybridized carbons (Fsp3) is 0.154. The van der Waals surface area contributed by atoms with Gasteiger partial charge in [0.25, 0.3) is 5.91 Å². The maximum Gasteiger partial charge on any atom is 0.276 e. The van der Waals surface area contributed by atoms with Gasteiger partial charge < -0.3 is 10.1 Å². The van der Waals surface area contributed by atoms with Gasteiger partial charge in [-0.3, -0.25) is 4.79 Å². The molecule has 0 fully saturated rings. The zero-order valence-corrected chi connectivity index (χ0v) is 11.0. The molecule has 0 saturated carbocycles. The lowest BCUT2D eigenvalue weighted by atomic mass is 10.3. The number of amides is 1. The minimum Gasteiger partial charge on any atom is -0.477 e. The van der Waals surface area contributed by atoms with E-state index in [-0.39, 0.29) is 11.6 Å². The number of nitrogens with zero attached hydrogens (tertiary/aromatic N) is 2. The second-order valence-electron chi connectivity index (χ2n) is 3.65. The number of carbonyl (C=O) groups excluding carboxylic acids is 1. The molecule has 19 heavy (non-hydrogen) atoms. The monoisotopic (exact) mass is 277 g/mol. The molecule has 0 aliphatic heterocycles. The number of hydrogen-bond acceptors (Lipinski definition) is 4. The highest BCUT2D eigenvalue weighted by atomic mass is 35.5. The SMILES string of the molecule is CCOc1ccc(C(=O)Nc2cccc(Cl)c2)nn1. The average molecular weight is 278 g/mol. The van der Waals surface area contributed by atoms with Crippen LogP contribution in [0.15, 0.2) is 36.4 Å². The van der Waals surface area contributed by atoms with Gasteiger partial charge in [0.05, 0.1) is 6.61 Å². The molecule has 5 nitrogen and oxygen atoms in total.